The number of nitrogens with zero attached hydrogens (tertiary/aromatic N) is 4. The van der Waals surface area contributed by atoms with Crippen molar-refractivity contribution in [2.24, 2.45) is 0 Å². The summed E-state index contributed by atoms with van der Waals surface area (Å²) < 4.78 is 42.9. The number of aromatic nitrogens is 4. The van der Waals surface area contributed by atoms with E-state index >= 15 is 0 Å². The minimum Gasteiger partial charge on any atom is -0.349 e. The molecule has 0 aliphatic heterocycles. The maximum atomic E-state index is 13.8. The Morgan fingerprint density at radius 2 is 1.71 bits per heavy atom. The predicted molar refractivity (Wildman–Crippen MR) is 140 cm³/mol. The number of nitrogens with one attached hydrogen (secondary N) is 1. The van der Waals surface area contributed by atoms with Crippen molar-refractivity contribution in [3.63, 3.8) is 0 Å². The molecule has 0 radical (unpaired) electrons. The summed E-state index contributed by atoms with van der Waals surface area (Å²) in [5.41, 5.74) is -0.330. The van der Waals surface area contributed by atoms with Gasteiger partial charge in [-0.05, 0) is 56.0 Å². The molecule has 6 nitrogen and oxygen atoms in total. The van der Waals surface area contributed by atoms with Crippen molar-refractivity contribution in [2.45, 2.75) is 43.3 Å². The smallest absolute Gasteiger partial charge is 0.349 e. The van der Waals surface area contributed by atoms with Crippen molar-refractivity contribution < 1.29 is 18.0 Å². The Morgan fingerprint density at radius 1 is 1.03 bits per heavy atom. The molecular weight excluding hydrogens is 582 g/mol. The minimum atomic E-state index is -4.44. The number of alkyl halides is 3. The molecule has 0 saturated heterocycles. The number of hydrogen-bond donors (Lipinski definition) is 1. The number of amides is 1. The van der Waals surface area contributed by atoms with Gasteiger partial charge in [-0.1, -0.05) is 58.3 Å². The van der Waals surface area contributed by atoms with Crippen LogP contribution in [-0.2, 0) is 5.41 Å². The van der Waals surface area contributed by atoms with Crippen LogP contribution in [0.25, 0.3) is 27.6 Å². The van der Waals surface area contributed by atoms with Gasteiger partial charge in [-0.25, -0.2) is 4.68 Å². The molecule has 0 unspecified atom stereocenters. The Morgan fingerprint density at radius 3 is 2.32 bits per heavy atom. The van der Waals surface area contributed by atoms with E-state index in [-0.39, 0.29) is 45.2 Å². The molecule has 38 heavy (non-hydrogen) atoms. The highest BCUT2D eigenvalue weighted by Crippen LogP contribution is 2.60. The van der Waals surface area contributed by atoms with E-state index in [2.05, 4.69) is 20.6 Å². The first kappa shape index (κ1) is 25.6. The van der Waals surface area contributed by atoms with Crippen LogP contribution in [0.3, 0.4) is 0 Å². The first-order valence-corrected chi connectivity index (χ1v) is 13.6. The van der Waals surface area contributed by atoms with Gasteiger partial charge in [0, 0.05) is 21.7 Å². The zero-order chi connectivity index (χ0) is 26.8. The van der Waals surface area contributed by atoms with Crippen molar-refractivity contribution >= 4 is 52.0 Å². The number of halogens is 6. The summed E-state index contributed by atoms with van der Waals surface area (Å²) in [5.74, 6) is -0.419. The van der Waals surface area contributed by atoms with E-state index in [1.54, 1.807) is 42.5 Å². The number of hydrogen-bond acceptors (Lipinski definition) is 5. The van der Waals surface area contributed by atoms with Gasteiger partial charge in [0.2, 0.25) is 0 Å². The predicted octanol–water partition coefficient (Wildman–Crippen LogP) is 7.50. The van der Waals surface area contributed by atoms with E-state index in [0.29, 0.717) is 27.0 Å². The second-order valence-corrected chi connectivity index (χ2v) is 11.6. The molecule has 13 heteroatoms. The lowest BCUT2D eigenvalue weighted by Crippen LogP contribution is -2.28. The van der Waals surface area contributed by atoms with Gasteiger partial charge in [0.1, 0.15) is 16.1 Å². The van der Waals surface area contributed by atoms with Crippen LogP contribution in [0.1, 0.15) is 41.0 Å². The standard InChI is InChI=1S/C25H17Cl3F3N5OS/c26-13-3-1-12(2-4-13)20-18(21(37)32-15-6-7-15)19(35-36(20)17-8-5-14(27)11-16(17)28)22-33-34-23(38-22)24(9-10-24)25(29,30)31/h1-5,8,11,15H,6-7,9-10H2,(H,32,37). The Labute approximate surface area is 233 Å². The van der Waals surface area contributed by atoms with Crippen LogP contribution >= 0.6 is 46.1 Å². The van der Waals surface area contributed by atoms with E-state index in [1.807, 2.05) is 0 Å². The monoisotopic (exact) mass is 597 g/mol. The molecule has 0 bridgehead atoms. The number of carbonyl (C=O) groups excluding carboxylic acids is 1. The number of benzene rings is 2. The fraction of sp³-hybridized carbons (Fsp3) is 0.280. The van der Waals surface area contributed by atoms with E-state index in [1.165, 1.54) is 4.68 Å². The maximum Gasteiger partial charge on any atom is 0.400 e. The molecule has 2 aromatic heterocycles. The molecule has 2 saturated carbocycles. The van der Waals surface area contributed by atoms with E-state index in [4.69, 9.17) is 34.8 Å². The highest BCUT2D eigenvalue weighted by atomic mass is 35.5. The van der Waals surface area contributed by atoms with Crippen molar-refractivity contribution in [1.82, 2.24) is 25.3 Å². The van der Waals surface area contributed by atoms with Crippen molar-refractivity contribution in [3.05, 3.63) is 68.1 Å². The largest absolute Gasteiger partial charge is 0.400 e. The molecule has 2 heterocycles. The van der Waals surface area contributed by atoms with Crippen molar-refractivity contribution in [1.29, 1.82) is 0 Å². The van der Waals surface area contributed by atoms with Gasteiger partial charge in [-0.2, -0.15) is 18.3 Å². The van der Waals surface area contributed by atoms with Gasteiger partial charge in [-0.3, -0.25) is 4.79 Å². The average molecular weight is 599 g/mol. The molecular formula is C25H17Cl3F3N5OS. The first-order valence-electron chi connectivity index (χ1n) is 11.6. The summed E-state index contributed by atoms with van der Waals surface area (Å²) in [6.45, 7) is 0. The fourth-order valence-corrected chi connectivity index (χ4v) is 5.94. The SMILES string of the molecule is O=C(NC1CC1)c1c(-c2nnc(C3(C(F)(F)F)CC3)s2)nn(-c2ccc(Cl)cc2Cl)c1-c1ccc(Cl)cc1. The Hall–Kier alpha value is -2.66. The molecule has 2 aliphatic carbocycles. The molecule has 0 atom stereocenters. The number of carbonyl (C=O) groups is 1. The maximum absolute atomic E-state index is 13.8. The van der Waals surface area contributed by atoms with Gasteiger partial charge in [-0.15, -0.1) is 10.2 Å². The lowest BCUT2D eigenvalue weighted by Gasteiger charge is -2.15. The summed E-state index contributed by atoms with van der Waals surface area (Å²) in [7, 11) is 0. The zero-order valence-corrected chi connectivity index (χ0v) is 22.4. The third-order valence-electron chi connectivity index (χ3n) is 6.61. The number of rotatable bonds is 6. The van der Waals surface area contributed by atoms with Crippen LogP contribution in [0.5, 0.6) is 0 Å². The van der Waals surface area contributed by atoms with Gasteiger partial charge in [0.15, 0.2) is 5.01 Å². The minimum absolute atomic E-state index is 0.0147. The normalized spacial score (nSPS) is 16.5. The van der Waals surface area contributed by atoms with Crippen LogP contribution in [0, 0.1) is 0 Å². The van der Waals surface area contributed by atoms with E-state index in [0.717, 1.165) is 24.2 Å². The van der Waals surface area contributed by atoms with Crippen LogP contribution in [-0.4, -0.2) is 38.1 Å². The topological polar surface area (TPSA) is 72.7 Å². The molecule has 196 valence electrons. The third kappa shape index (κ3) is 4.47. The van der Waals surface area contributed by atoms with Crippen LogP contribution in [0.15, 0.2) is 42.5 Å². The summed E-state index contributed by atoms with van der Waals surface area (Å²) >= 11 is 19.6. The lowest BCUT2D eigenvalue weighted by atomic mass is 10.0. The van der Waals surface area contributed by atoms with Crippen LogP contribution < -0.4 is 5.32 Å². The molecule has 2 fully saturated rings. The Bertz CT molecular complexity index is 1560. The van der Waals surface area contributed by atoms with E-state index < -0.39 is 17.5 Å². The lowest BCUT2D eigenvalue weighted by molar-refractivity contribution is -0.160. The molecule has 4 aromatic rings. The zero-order valence-electron chi connectivity index (χ0n) is 19.3. The average Bonchev–Trinajstić information content (AvgIpc) is 3.76. The van der Waals surface area contributed by atoms with Crippen molar-refractivity contribution in [3.8, 4) is 27.6 Å². The van der Waals surface area contributed by atoms with Crippen LogP contribution in [0.4, 0.5) is 13.2 Å². The summed E-state index contributed by atoms with van der Waals surface area (Å²) in [6.07, 6.45) is -2.87. The molecule has 1 N–H and O–H groups in total. The molecule has 2 aromatic carbocycles. The third-order valence-corrected chi connectivity index (χ3v) is 8.53. The Balaban J connectivity index is 1.59. The molecule has 1 amide bonds. The van der Waals surface area contributed by atoms with Gasteiger partial charge in [0.25, 0.3) is 5.91 Å². The van der Waals surface area contributed by atoms with E-state index in [9.17, 15) is 18.0 Å². The summed E-state index contributed by atoms with van der Waals surface area (Å²) in [5, 5.41) is 16.8. The first-order chi connectivity index (χ1) is 18.1. The second kappa shape index (κ2) is 9.22. The molecule has 2 aliphatic rings. The highest BCUT2D eigenvalue weighted by molar-refractivity contribution is 7.14. The van der Waals surface area contributed by atoms with Crippen molar-refractivity contribution in [2.75, 3.05) is 0 Å². The van der Waals surface area contributed by atoms with Gasteiger partial charge in [0.05, 0.1) is 22.0 Å². The molecule has 6 rings (SSSR count). The highest BCUT2D eigenvalue weighted by Gasteiger charge is 2.66. The van der Waals surface area contributed by atoms with Gasteiger partial charge >= 0.3 is 6.18 Å². The molecule has 0 spiro atoms. The van der Waals surface area contributed by atoms with Gasteiger partial charge < -0.3 is 5.32 Å². The quantitative estimate of drug-likeness (QED) is 0.249. The van der Waals surface area contributed by atoms with Crippen LogP contribution in [0.2, 0.25) is 15.1 Å². The second-order valence-electron chi connectivity index (χ2n) is 9.33. The fourth-order valence-electron chi connectivity index (χ4n) is 4.23. The Kier molecular flexibility index (Phi) is 6.21. The summed E-state index contributed by atoms with van der Waals surface area (Å²) in [6, 6.07) is 11.6. The summed E-state index contributed by atoms with van der Waals surface area (Å²) in [4.78, 5) is 13.6.